The summed E-state index contributed by atoms with van der Waals surface area (Å²) in [4.78, 5) is 38.8. The first kappa shape index (κ1) is 19.4. The Hall–Kier alpha value is -2.37. The maximum Gasteiger partial charge on any atom is 0.246 e. The number of benzene rings is 1. The number of aryl methyl sites for hydroxylation is 1. The average Bonchev–Trinajstić information content (AvgIpc) is 3.09. The van der Waals surface area contributed by atoms with E-state index in [9.17, 15) is 14.4 Å². The zero-order valence-electron chi connectivity index (χ0n) is 16.2. The number of likely N-dealkylation sites (tertiary alicyclic amines) is 1. The van der Waals surface area contributed by atoms with Crippen molar-refractivity contribution in [2.75, 3.05) is 17.2 Å². The highest BCUT2D eigenvalue weighted by Gasteiger charge is 2.30. The van der Waals surface area contributed by atoms with Crippen LogP contribution < -0.4 is 10.6 Å². The van der Waals surface area contributed by atoms with E-state index in [-0.39, 0.29) is 23.6 Å². The Labute approximate surface area is 160 Å². The van der Waals surface area contributed by atoms with Crippen molar-refractivity contribution in [1.82, 2.24) is 4.90 Å². The largest absolute Gasteiger partial charge is 0.331 e. The van der Waals surface area contributed by atoms with Crippen LogP contribution in [-0.4, -0.2) is 35.2 Å². The predicted molar refractivity (Wildman–Crippen MR) is 105 cm³/mol. The molecule has 1 aliphatic heterocycles. The first-order valence-electron chi connectivity index (χ1n) is 9.97. The number of carbonyl (C=O) groups is 3. The Morgan fingerprint density at radius 1 is 1.07 bits per heavy atom. The lowest BCUT2D eigenvalue weighted by Crippen LogP contribution is -2.42. The third-order valence-electron chi connectivity index (χ3n) is 5.62. The predicted octanol–water partition coefficient (Wildman–Crippen LogP) is 3.46. The van der Waals surface area contributed by atoms with E-state index in [1.54, 1.807) is 11.8 Å². The Kier molecular flexibility index (Phi) is 6.14. The molecule has 2 fully saturated rings. The number of rotatable bonds is 5. The van der Waals surface area contributed by atoms with Gasteiger partial charge in [0.05, 0.1) is 11.4 Å². The summed E-state index contributed by atoms with van der Waals surface area (Å²) in [6.45, 7) is 4.30. The van der Waals surface area contributed by atoms with Crippen LogP contribution in [0, 0.1) is 12.8 Å². The molecule has 6 heteroatoms. The van der Waals surface area contributed by atoms with E-state index in [1.165, 1.54) is 6.42 Å². The Morgan fingerprint density at radius 3 is 2.48 bits per heavy atom. The monoisotopic (exact) mass is 371 g/mol. The van der Waals surface area contributed by atoms with E-state index in [0.29, 0.717) is 24.3 Å². The molecule has 0 radical (unpaired) electrons. The molecule has 1 heterocycles. The van der Waals surface area contributed by atoms with Crippen molar-refractivity contribution < 1.29 is 14.4 Å². The molecule has 1 aliphatic carbocycles. The third-order valence-corrected chi connectivity index (χ3v) is 5.62. The molecule has 1 saturated heterocycles. The molecule has 0 aromatic heterocycles. The van der Waals surface area contributed by atoms with Crippen LogP contribution in [0.2, 0.25) is 0 Å². The fraction of sp³-hybridized carbons (Fsp3) is 0.571. The number of hydrogen-bond donors (Lipinski definition) is 2. The summed E-state index contributed by atoms with van der Waals surface area (Å²) in [5.74, 6) is -0.140. The quantitative estimate of drug-likeness (QED) is 0.832. The molecule has 3 rings (SSSR count). The molecule has 27 heavy (non-hydrogen) atoms. The molecule has 3 amide bonds. The summed E-state index contributed by atoms with van der Waals surface area (Å²) in [7, 11) is 0. The molecule has 0 unspecified atom stereocenters. The van der Waals surface area contributed by atoms with E-state index in [2.05, 4.69) is 10.6 Å². The summed E-state index contributed by atoms with van der Waals surface area (Å²) in [5, 5.41) is 5.91. The number of nitrogens with zero attached hydrogens (tertiary/aromatic N) is 1. The molecular formula is C21H29N3O3. The normalized spacial score (nSPS) is 19.0. The van der Waals surface area contributed by atoms with E-state index in [4.69, 9.17) is 0 Å². The fourth-order valence-corrected chi connectivity index (χ4v) is 3.93. The summed E-state index contributed by atoms with van der Waals surface area (Å²) < 4.78 is 0. The average molecular weight is 371 g/mol. The molecule has 6 nitrogen and oxygen atoms in total. The lowest BCUT2D eigenvalue weighted by Gasteiger charge is -2.25. The third kappa shape index (κ3) is 4.67. The second-order valence-corrected chi connectivity index (χ2v) is 7.73. The van der Waals surface area contributed by atoms with Crippen LogP contribution in [0.25, 0.3) is 0 Å². The number of amides is 3. The van der Waals surface area contributed by atoms with Crippen LogP contribution >= 0.6 is 0 Å². The van der Waals surface area contributed by atoms with Crippen molar-refractivity contribution in [3.63, 3.8) is 0 Å². The first-order chi connectivity index (χ1) is 13.0. The fourth-order valence-electron chi connectivity index (χ4n) is 3.93. The van der Waals surface area contributed by atoms with Gasteiger partial charge in [-0.25, -0.2) is 0 Å². The minimum absolute atomic E-state index is 0.0210. The van der Waals surface area contributed by atoms with Gasteiger partial charge in [0, 0.05) is 18.9 Å². The van der Waals surface area contributed by atoms with E-state index < -0.39 is 6.04 Å². The van der Waals surface area contributed by atoms with Gasteiger partial charge in [-0.05, 0) is 50.8 Å². The van der Waals surface area contributed by atoms with E-state index in [1.807, 2.05) is 25.1 Å². The van der Waals surface area contributed by atoms with Crippen LogP contribution in [0.3, 0.4) is 0 Å². The van der Waals surface area contributed by atoms with Crippen LogP contribution in [0.15, 0.2) is 18.2 Å². The number of nitrogens with one attached hydrogen (secondary N) is 2. The van der Waals surface area contributed by atoms with Gasteiger partial charge in [0.25, 0.3) is 0 Å². The molecule has 0 bridgehead atoms. The molecule has 1 aromatic carbocycles. The number of carbonyl (C=O) groups excluding carboxylic acids is 3. The summed E-state index contributed by atoms with van der Waals surface area (Å²) in [6.07, 6.45) is 6.53. The molecule has 2 N–H and O–H groups in total. The minimum Gasteiger partial charge on any atom is -0.331 e. The zero-order chi connectivity index (χ0) is 19.4. The highest BCUT2D eigenvalue weighted by molar-refractivity contribution is 6.02. The van der Waals surface area contributed by atoms with Crippen molar-refractivity contribution in [2.24, 2.45) is 5.92 Å². The van der Waals surface area contributed by atoms with Crippen LogP contribution in [-0.2, 0) is 14.4 Å². The lowest BCUT2D eigenvalue weighted by atomic mass is 9.88. The molecule has 1 aromatic rings. The maximum absolute atomic E-state index is 12.7. The Bertz CT molecular complexity index is 725. The summed E-state index contributed by atoms with van der Waals surface area (Å²) in [6, 6.07) is 5.08. The molecule has 146 valence electrons. The molecular weight excluding hydrogens is 342 g/mol. The number of hydrogen-bond acceptors (Lipinski definition) is 3. The second kappa shape index (κ2) is 8.55. The molecule has 0 spiro atoms. The van der Waals surface area contributed by atoms with Gasteiger partial charge in [-0.1, -0.05) is 25.3 Å². The van der Waals surface area contributed by atoms with Crippen molar-refractivity contribution in [3.8, 4) is 0 Å². The van der Waals surface area contributed by atoms with Gasteiger partial charge in [0.15, 0.2) is 0 Å². The SMILES string of the molecule is Cc1ccc(NC(=O)C2CCCCC2)c(NC(=O)[C@@H](C)N2CCCC2=O)c1. The minimum atomic E-state index is -0.526. The van der Waals surface area contributed by atoms with Crippen LogP contribution in [0.4, 0.5) is 11.4 Å². The van der Waals surface area contributed by atoms with Gasteiger partial charge in [-0.15, -0.1) is 0 Å². The van der Waals surface area contributed by atoms with Crippen molar-refractivity contribution >= 4 is 29.1 Å². The Balaban J connectivity index is 1.70. The first-order valence-corrected chi connectivity index (χ1v) is 9.97. The van der Waals surface area contributed by atoms with Crippen molar-refractivity contribution in [2.45, 2.75) is 64.8 Å². The summed E-state index contributed by atoms with van der Waals surface area (Å²) in [5.41, 5.74) is 2.19. The van der Waals surface area contributed by atoms with Gasteiger partial charge in [-0.3, -0.25) is 14.4 Å². The van der Waals surface area contributed by atoms with E-state index in [0.717, 1.165) is 37.7 Å². The second-order valence-electron chi connectivity index (χ2n) is 7.73. The van der Waals surface area contributed by atoms with Gasteiger partial charge >= 0.3 is 0 Å². The zero-order valence-corrected chi connectivity index (χ0v) is 16.2. The maximum atomic E-state index is 12.7. The highest BCUT2D eigenvalue weighted by atomic mass is 16.2. The van der Waals surface area contributed by atoms with Crippen LogP contribution in [0.1, 0.15) is 57.4 Å². The van der Waals surface area contributed by atoms with Gasteiger partial charge in [-0.2, -0.15) is 0 Å². The Morgan fingerprint density at radius 2 is 1.81 bits per heavy atom. The smallest absolute Gasteiger partial charge is 0.246 e. The van der Waals surface area contributed by atoms with Crippen molar-refractivity contribution in [1.29, 1.82) is 0 Å². The topological polar surface area (TPSA) is 78.5 Å². The molecule has 2 aliphatic rings. The molecule has 1 saturated carbocycles. The summed E-state index contributed by atoms with van der Waals surface area (Å²) >= 11 is 0. The molecule has 1 atom stereocenters. The van der Waals surface area contributed by atoms with Gasteiger partial charge in [0.1, 0.15) is 6.04 Å². The van der Waals surface area contributed by atoms with Crippen LogP contribution in [0.5, 0.6) is 0 Å². The van der Waals surface area contributed by atoms with Gasteiger partial charge in [0.2, 0.25) is 17.7 Å². The van der Waals surface area contributed by atoms with Crippen molar-refractivity contribution in [3.05, 3.63) is 23.8 Å². The number of anilines is 2. The van der Waals surface area contributed by atoms with Gasteiger partial charge < -0.3 is 15.5 Å². The standard InChI is InChI=1S/C21H29N3O3/c1-14-10-11-17(22-21(27)16-7-4-3-5-8-16)18(13-14)23-20(26)15(2)24-12-6-9-19(24)25/h10-11,13,15-16H,3-9,12H2,1-2H3,(H,22,27)(H,23,26)/t15-/m1/s1. The lowest BCUT2D eigenvalue weighted by molar-refractivity contribution is -0.134. The highest BCUT2D eigenvalue weighted by Crippen LogP contribution is 2.28. The van der Waals surface area contributed by atoms with E-state index >= 15 is 0 Å².